The van der Waals surface area contributed by atoms with Crippen molar-refractivity contribution in [1.82, 2.24) is 25.3 Å². The van der Waals surface area contributed by atoms with E-state index < -0.39 is 11.5 Å². The fourth-order valence-electron chi connectivity index (χ4n) is 2.53. The number of benzene rings is 1. The second-order valence-electron chi connectivity index (χ2n) is 6.27. The van der Waals surface area contributed by atoms with Crippen LogP contribution in [0.3, 0.4) is 0 Å². The van der Waals surface area contributed by atoms with Gasteiger partial charge in [0.25, 0.3) is 17.9 Å². The molecule has 0 unspecified atom stereocenters. The molecule has 32 heavy (non-hydrogen) atoms. The molecule has 1 aromatic carbocycles. The second kappa shape index (κ2) is 11.6. The van der Waals surface area contributed by atoms with E-state index in [0.717, 1.165) is 5.69 Å². The van der Waals surface area contributed by atoms with Crippen molar-refractivity contribution in [3.63, 3.8) is 0 Å². The first-order valence-electron chi connectivity index (χ1n) is 9.27. The van der Waals surface area contributed by atoms with Crippen molar-refractivity contribution >= 4 is 41.1 Å². The molecule has 2 aromatic heterocycles. The Hall–Kier alpha value is -4.55. The number of nitrogen functional groups attached to an aromatic ring is 1. The van der Waals surface area contributed by atoms with Gasteiger partial charge in [-0.15, -0.1) is 0 Å². The minimum atomic E-state index is -0.893. The number of carboxylic acids is 1. The number of H-pyrrole nitrogens is 1. The van der Waals surface area contributed by atoms with Crippen molar-refractivity contribution in [2.75, 3.05) is 17.6 Å². The van der Waals surface area contributed by atoms with E-state index in [4.69, 9.17) is 20.7 Å². The van der Waals surface area contributed by atoms with E-state index in [1.54, 1.807) is 24.3 Å². The van der Waals surface area contributed by atoms with Crippen molar-refractivity contribution in [1.29, 1.82) is 0 Å². The molecular formula is C19H21N7O6. The highest BCUT2D eigenvalue weighted by atomic mass is 16.4. The molecule has 0 aliphatic heterocycles. The predicted octanol–water partition coefficient (Wildman–Crippen LogP) is 0.203. The number of carbonyl (C=O) groups excluding carboxylic acids is 1. The van der Waals surface area contributed by atoms with Gasteiger partial charge in [-0.2, -0.15) is 4.98 Å². The molecule has 0 fully saturated rings. The van der Waals surface area contributed by atoms with Crippen molar-refractivity contribution in [2.45, 2.75) is 19.4 Å². The van der Waals surface area contributed by atoms with Gasteiger partial charge in [0.1, 0.15) is 0 Å². The van der Waals surface area contributed by atoms with Crippen LogP contribution in [-0.4, -0.2) is 55.0 Å². The summed E-state index contributed by atoms with van der Waals surface area (Å²) in [4.78, 5) is 57.4. The van der Waals surface area contributed by atoms with Crippen LogP contribution >= 0.6 is 0 Å². The lowest BCUT2D eigenvalue weighted by atomic mass is 10.2. The Morgan fingerprint density at radius 3 is 2.53 bits per heavy atom. The minimum absolute atomic E-state index is 0.0100. The summed E-state index contributed by atoms with van der Waals surface area (Å²) in [6.07, 6.45) is 1.88. The fraction of sp³-hybridized carbons (Fsp3) is 0.211. The molecule has 3 rings (SSSR count). The molecule has 0 radical (unpaired) electrons. The van der Waals surface area contributed by atoms with Crippen molar-refractivity contribution in [3.05, 3.63) is 52.1 Å². The molecule has 0 atom stereocenters. The Morgan fingerprint density at radius 1 is 1.19 bits per heavy atom. The van der Waals surface area contributed by atoms with Gasteiger partial charge in [0, 0.05) is 24.2 Å². The van der Waals surface area contributed by atoms with E-state index in [0.29, 0.717) is 30.8 Å². The van der Waals surface area contributed by atoms with Crippen LogP contribution in [0.5, 0.6) is 0 Å². The number of carbonyl (C=O) groups is 3. The van der Waals surface area contributed by atoms with Crippen LogP contribution in [-0.2, 0) is 16.1 Å². The van der Waals surface area contributed by atoms with Crippen LogP contribution < -0.4 is 21.9 Å². The van der Waals surface area contributed by atoms with Crippen LogP contribution in [0.4, 0.5) is 11.6 Å². The number of nitrogens with one attached hydrogen (secondary N) is 3. The number of nitrogens with two attached hydrogens (primary N) is 1. The summed E-state index contributed by atoms with van der Waals surface area (Å²) < 4.78 is 0. The van der Waals surface area contributed by atoms with Gasteiger partial charge in [0.2, 0.25) is 5.95 Å². The number of aromatic amines is 1. The van der Waals surface area contributed by atoms with Crippen molar-refractivity contribution < 1.29 is 24.6 Å². The number of aromatic nitrogens is 4. The summed E-state index contributed by atoms with van der Waals surface area (Å²) in [7, 11) is 0. The Morgan fingerprint density at radius 2 is 1.88 bits per heavy atom. The van der Waals surface area contributed by atoms with E-state index in [1.165, 1.54) is 6.20 Å². The SMILES string of the molecule is Nc1nc2ncc(CNc3ccc(C(=O)NCCCC(=O)O)cc3)nc2c(=O)[nH]1.O=CO. The lowest BCUT2D eigenvalue weighted by Crippen LogP contribution is -2.24. The van der Waals surface area contributed by atoms with Gasteiger partial charge in [-0.3, -0.25) is 24.2 Å². The minimum Gasteiger partial charge on any atom is -0.483 e. The normalized spacial score (nSPS) is 10.0. The number of nitrogens with zero attached hydrogens (tertiary/aromatic N) is 3. The first-order valence-corrected chi connectivity index (χ1v) is 9.27. The fourth-order valence-corrected chi connectivity index (χ4v) is 2.53. The number of rotatable bonds is 8. The van der Waals surface area contributed by atoms with E-state index in [-0.39, 0.29) is 35.9 Å². The monoisotopic (exact) mass is 443 g/mol. The predicted molar refractivity (Wildman–Crippen MR) is 114 cm³/mol. The second-order valence-corrected chi connectivity index (χ2v) is 6.27. The van der Waals surface area contributed by atoms with Crippen LogP contribution in [0.1, 0.15) is 28.9 Å². The number of amides is 1. The highest BCUT2D eigenvalue weighted by molar-refractivity contribution is 5.94. The Kier molecular flexibility index (Phi) is 8.59. The van der Waals surface area contributed by atoms with Crippen LogP contribution in [0.15, 0.2) is 35.3 Å². The highest BCUT2D eigenvalue weighted by Crippen LogP contribution is 2.11. The zero-order valence-corrected chi connectivity index (χ0v) is 16.7. The van der Waals surface area contributed by atoms with Gasteiger partial charge in [-0.1, -0.05) is 0 Å². The maximum atomic E-state index is 12.0. The number of fused-ring (bicyclic) bond motifs is 1. The molecule has 0 saturated heterocycles. The first kappa shape index (κ1) is 23.7. The van der Waals surface area contributed by atoms with E-state index in [2.05, 4.69) is 30.6 Å². The first-order chi connectivity index (χ1) is 15.3. The number of hydrogen-bond acceptors (Lipinski definition) is 9. The number of anilines is 2. The maximum Gasteiger partial charge on any atom is 0.303 e. The summed E-state index contributed by atoms with van der Waals surface area (Å²) in [6.45, 7) is 0.360. The maximum absolute atomic E-state index is 12.0. The average Bonchev–Trinajstić information content (AvgIpc) is 2.76. The molecule has 0 aliphatic rings. The molecule has 168 valence electrons. The number of carboxylic acid groups (broad SMARTS) is 2. The molecule has 7 N–H and O–H groups in total. The Labute approximate surface area is 180 Å². The lowest BCUT2D eigenvalue weighted by Gasteiger charge is -2.08. The van der Waals surface area contributed by atoms with Crippen LogP contribution in [0.2, 0.25) is 0 Å². The largest absolute Gasteiger partial charge is 0.483 e. The molecule has 13 heteroatoms. The average molecular weight is 443 g/mol. The summed E-state index contributed by atoms with van der Waals surface area (Å²) in [6, 6.07) is 6.77. The molecule has 0 aliphatic carbocycles. The quantitative estimate of drug-likeness (QED) is 0.204. The summed E-state index contributed by atoms with van der Waals surface area (Å²) in [5, 5.41) is 21.3. The number of hydrogen-bond donors (Lipinski definition) is 6. The Bertz CT molecular complexity index is 1150. The van der Waals surface area contributed by atoms with Crippen LogP contribution in [0, 0.1) is 0 Å². The van der Waals surface area contributed by atoms with Crippen LogP contribution in [0.25, 0.3) is 11.2 Å². The van der Waals surface area contributed by atoms with Gasteiger partial charge in [-0.05, 0) is 30.7 Å². The molecule has 2 heterocycles. The molecule has 13 nitrogen and oxygen atoms in total. The summed E-state index contributed by atoms with van der Waals surface area (Å²) in [5.74, 6) is -1.18. The van der Waals surface area contributed by atoms with E-state index in [9.17, 15) is 14.4 Å². The van der Waals surface area contributed by atoms with E-state index >= 15 is 0 Å². The third kappa shape index (κ3) is 7.05. The Balaban J connectivity index is 0.00000114. The number of aliphatic carboxylic acids is 1. The van der Waals surface area contributed by atoms with Gasteiger partial charge in [-0.25, -0.2) is 9.97 Å². The zero-order chi connectivity index (χ0) is 23.5. The summed E-state index contributed by atoms with van der Waals surface area (Å²) in [5.41, 5.74) is 7.05. The van der Waals surface area contributed by atoms with Crippen molar-refractivity contribution in [3.8, 4) is 0 Å². The van der Waals surface area contributed by atoms with Gasteiger partial charge < -0.3 is 26.6 Å². The molecular weight excluding hydrogens is 422 g/mol. The third-order valence-corrected chi connectivity index (χ3v) is 3.96. The molecule has 0 saturated carbocycles. The smallest absolute Gasteiger partial charge is 0.303 e. The van der Waals surface area contributed by atoms with Crippen molar-refractivity contribution in [2.24, 2.45) is 0 Å². The zero-order valence-electron chi connectivity index (χ0n) is 16.7. The highest BCUT2D eigenvalue weighted by Gasteiger charge is 2.08. The van der Waals surface area contributed by atoms with Gasteiger partial charge in [0.15, 0.2) is 11.2 Å². The third-order valence-electron chi connectivity index (χ3n) is 3.96. The molecule has 0 spiro atoms. The molecule has 0 bridgehead atoms. The lowest BCUT2D eigenvalue weighted by molar-refractivity contribution is -0.137. The standard InChI is InChI=1S/C18H19N7O4.CH2O2/c19-18-24-15-14(17(29)25-18)23-12(9-22-15)8-21-11-5-3-10(4-6-11)16(28)20-7-1-2-13(26)27;2-1-3/h3-6,9,21H,1-2,7-8H2,(H,20,28)(H,26,27)(H3,19,22,24,25,29);1H,(H,2,3). The summed E-state index contributed by atoms with van der Waals surface area (Å²) >= 11 is 0. The van der Waals surface area contributed by atoms with E-state index in [1.807, 2.05) is 0 Å². The van der Waals surface area contributed by atoms with Gasteiger partial charge in [0.05, 0.1) is 18.4 Å². The topological polar surface area (TPSA) is 213 Å². The molecule has 3 aromatic rings. The molecule has 1 amide bonds. The van der Waals surface area contributed by atoms with Gasteiger partial charge >= 0.3 is 5.97 Å².